The summed E-state index contributed by atoms with van der Waals surface area (Å²) in [4.78, 5) is 4.43. The number of aryl methyl sites for hydroxylation is 1. The molecular formula is C20H17Cl2NOZr. The number of rotatable bonds is 3. The van der Waals surface area contributed by atoms with Gasteiger partial charge in [0.2, 0.25) is 0 Å². The van der Waals surface area contributed by atoms with E-state index in [0.29, 0.717) is 0 Å². The van der Waals surface area contributed by atoms with E-state index in [9.17, 15) is 5.11 Å². The summed E-state index contributed by atoms with van der Waals surface area (Å²) in [6.07, 6.45) is 1.71. The molecular weight excluding hydrogens is 432 g/mol. The molecule has 3 rings (SSSR count). The molecule has 3 aromatic rings. The van der Waals surface area contributed by atoms with Crippen molar-refractivity contribution in [1.29, 1.82) is 0 Å². The summed E-state index contributed by atoms with van der Waals surface area (Å²) in [5.74, 6) is 0.277. The van der Waals surface area contributed by atoms with Crippen LogP contribution in [0.1, 0.15) is 11.1 Å². The zero-order valence-corrected chi connectivity index (χ0v) is 17.6. The Morgan fingerprint density at radius 3 is 2.04 bits per heavy atom. The SMILES string of the molecule is Cc1cc(-c2ccccc2)cc(C=Nc2ccccc2)c1O.[Cl][Zr][Cl]. The molecule has 0 saturated heterocycles. The zero-order valence-electron chi connectivity index (χ0n) is 13.7. The van der Waals surface area contributed by atoms with Gasteiger partial charge in [0.25, 0.3) is 0 Å². The second-order valence-electron chi connectivity index (χ2n) is 5.26. The Morgan fingerprint density at radius 2 is 1.44 bits per heavy atom. The number of hydrogen-bond acceptors (Lipinski definition) is 2. The standard InChI is InChI=1S/C20H17NO.2ClH.Zr/c1-15-12-17(16-8-4-2-5-9-16)13-18(20(15)22)14-21-19-10-6-3-7-11-19;;;/h2-14,22H,1H3;2*1H;/q;;;+2/p-2. The van der Waals surface area contributed by atoms with E-state index in [0.717, 1.165) is 27.9 Å². The van der Waals surface area contributed by atoms with Crippen molar-refractivity contribution in [2.75, 3.05) is 0 Å². The molecule has 1 N–H and O–H groups in total. The average molecular weight is 449 g/mol. The van der Waals surface area contributed by atoms with E-state index < -0.39 is 20.8 Å². The summed E-state index contributed by atoms with van der Waals surface area (Å²) < 4.78 is 0. The molecule has 0 aliphatic rings. The first kappa shape index (κ1) is 19.9. The fraction of sp³-hybridized carbons (Fsp3) is 0.0500. The maximum absolute atomic E-state index is 10.3. The molecule has 25 heavy (non-hydrogen) atoms. The second kappa shape index (κ2) is 10.6. The summed E-state index contributed by atoms with van der Waals surface area (Å²) in [6, 6.07) is 23.8. The van der Waals surface area contributed by atoms with Crippen molar-refractivity contribution in [3.8, 4) is 16.9 Å². The Balaban J connectivity index is 0.000000701. The van der Waals surface area contributed by atoms with Gasteiger partial charge < -0.3 is 5.11 Å². The van der Waals surface area contributed by atoms with Crippen LogP contribution in [0.4, 0.5) is 5.69 Å². The van der Waals surface area contributed by atoms with Crippen LogP contribution >= 0.6 is 17.0 Å². The van der Waals surface area contributed by atoms with Crippen LogP contribution in [0.3, 0.4) is 0 Å². The molecule has 0 aliphatic carbocycles. The molecule has 0 bridgehead atoms. The monoisotopic (exact) mass is 447 g/mol. The number of phenols is 1. The average Bonchev–Trinajstić information content (AvgIpc) is 2.65. The summed E-state index contributed by atoms with van der Waals surface area (Å²) in [5, 5.41) is 10.3. The molecule has 0 spiro atoms. The van der Waals surface area contributed by atoms with Crippen molar-refractivity contribution in [3.63, 3.8) is 0 Å². The Labute approximate surface area is 166 Å². The van der Waals surface area contributed by atoms with E-state index in [4.69, 9.17) is 17.0 Å². The molecule has 126 valence electrons. The number of halogens is 2. The van der Waals surface area contributed by atoms with Gasteiger partial charge in [0.05, 0.1) is 5.69 Å². The van der Waals surface area contributed by atoms with Gasteiger partial charge in [-0.05, 0) is 47.9 Å². The van der Waals surface area contributed by atoms with Crippen molar-refractivity contribution in [3.05, 3.63) is 83.9 Å². The van der Waals surface area contributed by atoms with E-state index in [-0.39, 0.29) is 5.75 Å². The van der Waals surface area contributed by atoms with Gasteiger partial charge in [-0.25, -0.2) is 0 Å². The minimum atomic E-state index is -0.826. The molecule has 0 fully saturated rings. The number of benzene rings is 3. The fourth-order valence-electron chi connectivity index (χ4n) is 2.36. The van der Waals surface area contributed by atoms with E-state index >= 15 is 0 Å². The van der Waals surface area contributed by atoms with Crippen LogP contribution in [0, 0.1) is 6.92 Å². The molecule has 0 unspecified atom stereocenters. The van der Waals surface area contributed by atoms with Crippen LogP contribution in [0.5, 0.6) is 5.75 Å². The van der Waals surface area contributed by atoms with Gasteiger partial charge in [-0.2, -0.15) is 0 Å². The number of hydrogen-bond donors (Lipinski definition) is 1. The third-order valence-corrected chi connectivity index (χ3v) is 3.55. The van der Waals surface area contributed by atoms with Crippen molar-refractivity contribution in [2.45, 2.75) is 6.92 Å². The van der Waals surface area contributed by atoms with Crippen molar-refractivity contribution in [1.82, 2.24) is 0 Å². The van der Waals surface area contributed by atoms with Crippen molar-refractivity contribution < 1.29 is 26.0 Å². The quantitative estimate of drug-likeness (QED) is 0.455. The number of aromatic hydroxyl groups is 1. The first-order chi connectivity index (χ1) is 12.2. The summed E-state index contributed by atoms with van der Waals surface area (Å²) in [5.41, 5.74) is 4.63. The number of para-hydroxylation sites is 1. The topological polar surface area (TPSA) is 32.6 Å². The van der Waals surface area contributed by atoms with Gasteiger partial charge in [0, 0.05) is 11.8 Å². The first-order valence-corrected chi connectivity index (χ1v) is 13.9. The number of phenolic OH excluding ortho intramolecular Hbond substituents is 1. The van der Waals surface area contributed by atoms with Gasteiger partial charge in [-0.3, -0.25) is 4.99 Å². The normalized spacial score (nSPS) is 10.2. The van der Waals surface area contributed by atoms with Crippen molar-refractivity contribution in [2.24, 2.45) is 4.99 Å². The Kier molecular flexibility index (Phi) is 8.41. The molecule has 0 amide bonds. The van der Waals surface area contributed by atoms with Gasteiger partial charge in [-0.15, -0.1) is 0 Å². The third kappa shape index (κ3) is 6.11. The summed E-state index contributed by atoms with van der Waals surface area (Å²) >= 11 is -0.826. The van der Waals surface area contributed by atoms with E-state index in [2.05, 4.69) is 17.1 Å². The zero-order chi connectivity index (χ0) is 18.1. The number of aliphatic imine (C=N–C) groups is 1. The fourth-order valence-corrected chi connectivity index (χ4v) is 2.36. The van der Waals surface area contributed by atoms with Crippen LogP contribution in [-0.2, 0) is 20.8 Å². The molecule has 0 radical (unpaired) electrons. The minimum absolute atomic E-state index is 0.277. The Bertz CT molecular complexity index is 824. The predicted molar refractivity (Wildman–Crippen MR) is 104 cm³/mol. The van der Waals surface area contributed by atoms with Gasteiger partial charge in [0.1, 0.15) is 5.75 Å². The van der Waals surface area contributed by atoms with Crippen molar-refractivity contribution >= 4 is 28.9 Å². The molecule has 3 aromatic carbocycles. The van der Waals surface area contributed by atoms with Gasteiger partial charge >= 0.3 is 37.9 Å². The van der Waals surface area contributed by atoms with E-state index in [1.807, 2.05) is 67.6 Å². The summed E-state index contributed by atoms with van der Waals surface area (Å²) in [6.45, 7) is 1.90. The van der Waals surface area contributed by atoms with E-state index in [1.54, 1.807) is 6.21 Å². The molecule has 0 heterocycles. The van der Waals surface area contributed by atoms with Crippen LogP contribution in [0.15, 0.2) is 77.8 Å². The third-order valence-electron chi connectivity index (χ3n) is 3.55. The Morgan fingerprint density at radius 1 is 0.880 bits per heavy atom. The van der Waals surface area contributed by atoms with Crippen LogP contribution < -0.4 is 0 Å². The summed E-state index contributed by atoms with van der Waals surface area (Å²) in [7, 11) is 9.87. The number of nitrogens with zero attached hydrogens (tertiary/aromatic N) is 1. The first-order valence-electron chi connectivity index (χ1n) is 7.60. The van der Waals surface area contributed by atoms with Gasteiger partial charge in [0.15, 0.2) is 0 Å². The molecule has 0 saturated carbocycles. The van der Waals surface area contributed by atoms with Crippen LogP contribution in [-0.4, -0.2) is 11.3 Å². The van der Waals surface area contributed by atoms with Crippen LogP contribution in [0.25, 0.3) is 11.1 Å². The predicted octanol–water partition coefficient (Wildman–Crippen LogP) is 6.49. The Hall–Kier alpha value is -1.41. The molecule has 0 aromatic heterocycles. The van der Waals surface area contributed by atoms with Gasteiger partial charge in [-0.1, -0.05) is 48.5 Å². The van der Waals surface area contributed by atoms with E-state index in [1.165, 1.54) is 0 Å². The molecule has 0 atom stereocenters. The molecule has 5 heteroatoms. The second-order valence-corrected chi connectivity index (χ2v) is 8.99. The maximum atomic E-state index is 10.3. The van der Waals surface area contributed by atoms with Crippen LogP contribution in [0.2, 0.25) is 0 Å². The molecule has 0 aliphatic heterocycles. The molecule has 2 nitrogen and oxygen atoms in total.